The number of benzene rings is 2. The minimum Gasteiger partial charge on any atom is -0.370 e. The van der Waals surface area contributed by atoms with Crippen LogP contribution in [0.2, 0.25) is 0 Å². The fraction of sp³-hybridized carbons (Fsp3) is 0.259. The summed E-state index contributed by atoms with van der Waals surface area (Å²) in [6.07, 6.45) is 1.55. The number of hydrogen-bond acceptors (Lipinski definition) is 6. The van der Waals surface area contributed by atoms with Gasteiger partial charge in [0.2, 0.25) is 0 Å². The number of carbonyl (C=O) groups is 1. The van der Waals surface area contributed by atoms with Gasteiger partial charge >= 0.3 is 0 Å². The van der Waals surface area contributed by atoms with Gasteiger partial charge < -0.3 is 4.74 Å². The van der Waals surface area contributed by atoms with Crippen molar-refractivity contribution < 1.29 is 9.53 Å². The van der Waals surface area contributed by atoms with Crippen molar-refractivity contribution in [1.29, 1.82) is 0 Å². The number of aromatic nitrogens is 3. The molecule has 2 aromatic carbocycles. The number of Topliss-reactive ketones (excluding diaryl/α,β-unsaturated/α-hetero) is 1. The molecule has 0 saturated heterocycles. The standard InChI is InChI=1S/C27H25N3O3S/c1-3-27(2)15-22-19(16-33-27)14-21-24(28-22)29-26(30(25(21)32)20-12-8-5-9-13-20)34-17-23(31)18-10-6-4-7-11-18/h4-14H,3,15-17H2,1-2H3/t27-/m0/s1. The lowest BCUT2D eigenvalue weighted by Crippen LogP contribution is -2.35. The molecule has 0 amide bonds. The van der Waals surface area contributed by atoms with Crippen LogP contribution >= 0.6 is 11.8 Å². The van der Waals surface area contributed by atoms with Gasteiger partial charge in [0, 0.05) is 17.5 Å². The molecule has 0 aliphatic carbocycles. The Balaban J connectivity index is 1.60. The van der Waals surface area contributed by atoms with E-state index in [4.69, 9.17) is 14.7 Å². The van der Waals surface area contributed by atoms with Crippen LogP contribution in [0.15, 0.2) is 76.7 Å². The van der Waals surface area contributed by atoms with Gasteiger partial charge in [-0.05, 0) is 31.5 Å². The molecule has 5 rings (SSSR count). The van der Waals surface area contributed by atoms with Gasteiger partial charge in [0.25, 0.3) is 5.56 Å². The van der Waals surface area contributed by atoms with E-state index in [0.29, 0.717) is 40.5 Å². The molecule has 0 unspecified atom stereocenters. The van der Waals surface area contributed by atoms with E-state index < -0.39 is 0 Å². The minimum absolute atomic E-state index is 0.0196. The molecule has 1 aliphatic heterocycles. The fourth-order valence-corrected chi connectivity index (χ4v) is 4.97. The number of para-hydroxylation sites is 1. The molecule has 4 aromatic rings. The van der Waals surface area contributed by atoms with Crippen molar-refractivity contribution in [2.45, 2.75) is 44.1 Å². The summed E-state index contributed by atoms with van der Waals surface area (Å²) in [5.74, 6) is 0.149. The molecular weight excluding hydrogens is 446 g/mol. The van der Waals surface area contributed by atoms with Gasteiger partial charge in [-0.2, -0.15) is 0 Å². The number of pyridine rings is 1. The number of ether oxygens (including phenoxy) is 1. The third-order valence-electron chi connectivity index (χ3n) is 6.31. The molecular formula is C27H25N3O3S. The third-order valence-corrected chi connectivity index (χ3v) is 7.24. The zero-order valence-electron chi connectivity index (χ0n) is 19.2. The molecule has 6 nitrogen and oxygen atoms in total. The van der Waals surface area contributed by atoms with Crippen molar-refractivity contribution in [2.24, 2.45) is 0 Å². The second-order valence-electron chi connectivity index (χ2n) is 8.68. The smallest absolute Gasteiger partial charge is 0.268 e. The van der Waals surface area contributed by atoms with Gasteiger partial charge in [0.1, 0.15) is 0 Å². The molecule has 1 atom stereocenters. The lowest BCUT2D eigenvalue weighted by atomic mass is 9.91. The van der Waals surface area contributed by atoms with E-state index in [-0.39, 0.29) is 22.7 Å². The number of carbonyl (C=O) groups excluding carboxylic acids is 1. The molecule has 0 spiro atoms. The van der Waals surface area contributed by atoms with Crippen LogP contribution in [-0.2, 0) is 17.8 Å². The summed E-state index contributed by atoms with van der Waals surface area (Å²) in [6.45, 7) is 4.61. The average Bonchev–Trinajstić information content (AvgIpc) is 2.87. The molecule has 172 valence electrons. The molecule has 34 heavy (non-hydrogen) atoms. The summed E-state index contributed by atoms with van der Waals surface area (Å²) in [7, 11) is 0. The molecule has 1 aliphatic rings. The van der Waals surface area contributed by atoms with E-state index in [1.807, 2.05) is 54.6 Å². The Labute approximate surface area is 202 Å². The lowest BCUT2D eigenvalue weighted by molar-refractivity contribution is -0.0573. The second-order valence-corrected chi connectivity index (χ2v) is 9.63. The highest BCUT2D eigenvalue weighted by molar-refractivity contribution is 7.99. The predicted octanol–water partition coefficient (Wildman–Crippen LogP) is 5.00. The molecule has 7 heteroatoms. The van der Waals surface area contributed by atoms with Gasteiger partial charge in [-0.1, -0.05) is 67.2 Å². The van der Waals surface area contributed by atoms with E-state index in [9.17, 15) is 9.59 Å². The monoisotopic (exact) mass is 471 g/mol. The summed E-state index contributed by atoms with van der Waals surface area (Å²) in [5, 5.41) is 0.899. The van der Waals surface area contributed by atoms with Crippen LogP contribution in [0, 0.1) is 0 Å². The van der Waals surface area contributed by atoms with Crippen molar-refractivity contribution in [3.8, 4) is 5.69 Å². The van der Waals surface area contributed by atoms with Crippen molar-refractivity contribution in [3.63, 3.8) is 0 Å². The van der Waals surface area contributed by atoms with Gasteiger partial charge in [-0.3, -0.25) is 14.2 Å². The van der Waals surface area contributed by atoms with Gasteiger partial charge in [-0.15, -0.1) is 0 Å². The average molecular weight is 472 g/mol. The quantitative estimate of drug-likeness (QED) is 0.224. The molecule has 2 aromatic heterocycles. The highest BCUT2D eigenvalue weighted by Crippen LogP contribution is 2.31. The largest absolute Gasteiger partial charge is 0.370 e. The topological polar surface area (TPSA) is 74.1 Å². The van der Waals surface area contributed by atoms with Crippen LogP contribution in [0.3, 0.4) is 0 Å². The number of ketones is 1. The molecule has 0 bridgehead atoms. The first-order chi connectivity index (χ1) is 16.5. The highest BCUT2D eigenvalue weighted by atomic mass is 32.2. The van der Waals surface area contributed by atoms with Crippen LogP contribution in [0.4, 0.5) is 0 Å². The molecule has 3 heterocycles. The number of hydrogen-bond donors (Lipinski definition) is 0. The van der Waals surface area contributed by atoms with E-state index in [1.165, 1.54) is 11.8 Å². The number of thioether (sulfide) groups is 1. The normalized spacial score (nSPS) is 17.5. The maximum absolute atomic E-state index is 13.7. The number of fused-ring (bicyclic) bond motifs is 2. The van der Waals surface area contributed by atoms with Crippen molar-refractivity contribution in [1.82, 2.24) is 14.5 Å². The Hall–Kier alpha value is -3.29. The van der Waals surface area contributed by atoms with Crippen molar-refractivity contribution in [3.05, 3.63) is 93.9 Å². The molecule has 0 N–H and O–H groups in total. The summed E-state index contributed by atoms with van der Waals surface area (Å²) < 4.78 is 7.63. The summed E-state index contributed by atoms with van der Waals surface area (Å²) >= 11 is 1.25. The van der Waals surface area contributed by atoms with E-state index >= 15 is 0 Å². The molecule has 0 fully saturated rings. The fourth-order valence-electron chi connectivity index (χ4n) is 4.07. The van der Waals surface area contributed by atoms with Crippen LogP contribution < -0.4 is 5.56 Å². The first kappa shape index (κ1) is 22.5. The number of nitrogens with zero attached hydrogens (tertiary/aromatic N) is 3. The van der Waals surface area contributed by atoms with Gasteiger partial charge in [0.15, 0.2) is 16.6 Å². The predicted molar refractivity (Wildman–Crippen MR) is 134 cm³/mol. The first-order valence-corrected chi connectivity index (χ1v) is 12.3. The van der Waals surface area contributed by atoms with Crippen LogP contribution in [0.1, 0.15) is 41.9 Å². The SMILES string of the molecule is CC[C@@]1(C)Cc2nc3nc(SCC(=O)c4ccccc4)n(-c4ccccc4)c(=O)c3cc2CO1. The maximum Gasteiger partial charge on any atom is 0.268 e. The summed E-state index contributed by atoms with van der Waals surface area (Å²) in [6, 6.07) is 20.4. The highest BCUT2D eigenvalue weighted by Gasteiger charge is 2.31. The van der Waals surface area contributed by atoms with E-state index in [2.05, 4.69) is 13.8 Å². The summed E-state index contributed by atoms with van der Waals surface area (Å²) in [4.78, 5) is 36.0. The Morgan fingerprint density at radius 3 is 2.50 bits per heavy atom. The lowest BCUT2D eigenvalue weighted by Gasteiger charge is -2.33. The van der Waals surface area contributed by atoms with Gasteiger partial charge in [0.05, 0.1) is 34.7 Å². The Bertz CT molecular complexity index is 1420. The van der Waals surface area contributed by atoms with Gasteiger partial charge in [-0.25, -0.2) is 9.97 Å². The van der Waals surface area contributed by atoms with Crippen LogP contribution in [0.5, 0.6) is 0 Å². The zero-order chi connectivity index (χ0) is 23.7. The number of rotatable bonds is 6. The Morgan fingerprint density at radius 2 is 1.79 bits per heavy atom. The zero-order valence-corrected chi connectivity index (χ0v) is 20.0. The first-order valence-electron chi connectivity index (χ1n) is 11.3. The minimum atomic E-state index is -0.271. The van der Waals surface area contributed by atoms with Crippen molar-refractivity contribution >= 4 is 28.6 Å². The van der Waals surface area contributed by atoms with Crippen LogP contribution in [-0.4, -0.2) is 31.7 Å². The molecule has 0 saturated carbocycles. The van der Waals surface area contributed by atoms with E-state index in [0.717, 1.165) is 17.7 Å². The maximum atomic E-state index is 13.7. The van der Waals surface area contributed by atoms with E-state index in [1.54, 1.807) is 16.7 Å². The molecule has 0 radical (unpaired) electrons. The van der Waals surface area contributed by atoms with Crippen molar-refractivity contribution in [2.75, 3.05) is 5.75 Å². The second kappa shape index (κ2) is 9.16. The van der Waals surface area contributed by atoms with Crippen LogP contribution in [0.25, 0.3) is 16.7 Å². The summed E-state index contributed by atoms with van der Waals surface area (Å²) in [5.41, 5.74) is 3.11. The Morgan fingerprint density at radius 1 is 1.09 bits per heavy atom. The third kappa shape index (κ3) is 4.29. The Kier molecular flexibility index (Phi) is 6.06.